The van der Waals surface area contributed by atoms with Gasteiger partial charge in [-0.2, -0.15) is 0 Å². The van der Waals surface area contributed by atoms with Crippen molar-refractivity contribution < 1.29 is 4.79 Å². The third-order valence-corrected chi connectivity index (χ3v) is 3.67. The summed E-state index contributed by atoms with van der Waals surface area (Å²) in [5, 5.41) is 2.90. The van der Waals surface area contributed by atoms with Crippen LogP contribution in [-0.4, -0.2) is 42.0 Å². The van der Waals surface area contributed by atoms with Gasteiger partial charge >= 0.3 is 0 Å². The molecule has 1 fully saturated rings. The third kappa shape index (κ3) is 4.49. The van der Waals surface area contributed by atoms with Crippen LogP contribution in [0.25, 0.3) is 0 Å². The molecule has 0 bridgehead atoms. The van der Waals surface area contributed by atoms with E-state index in [1.165, 1.54) is 44.6 Å². The van der Waals surface area contributed by atoms with Gasteiger partial charge < -0.3 is 15.2 Å². The van der Waals surface area contributed by atoms with Crippen molar-refractivity contribution in [1.29, 1.82) is 0 Å². The largest absolute Gasteiger partial charge is 0.352 e. The molecule has 20 heavy (non-hydrogen) atoms. The number of nitrogens with one attached hydrogen (secondary N) is 2. The zero-order chi connectivity index (χ0) is 14.4. The molecule has 110 valence electrons. The topological polar surface area (TPSA) is 65.2 Å². The summed E-state index contributed by atoms with van der Waals surface area (Å²) in [6, 6.07) is 2.94. The van der Waals surface area contributed by atoms with E-state index >= 15 is 0 Å². The second kappa shape index (κ2) is 7.24. The highest BCUT2D eigenvalue weighted by Crippen LogP contribution is 2.10. The summed E-state index contributed by atoms with van der Waals surface area (Å²) in [5.41, 5.74) is 0.165. The molecular weight excluding hydrogens is 254 g/mol. The maximum Gasteiger partial charge on any atom is 0.251 e. The van der Waals surface area contributed by atoms with Gasteiger partial charge in [-0.15, -0.1) is 0 Å². The number of hydrogen-bond acceptors (Lipinski definition) is 3. The lowest BCUT2D eigenvalue weighted by Crippen LogP contribution is -2.38. The maximum absolute atomic E-state index is 11.9. The van der Waals surface area contributed by atoms with E-state index in [4.69, 9.17) is 0 Å². The number of likely N-dealkylation sites (tertiary alicyclic amines) is 1. The van der Waals surface area contributed by atoms with E-state index in [-0.39, 0.29) is 11.5 Å². The molecule has 1 aromatic rings. The Balaban J connectivity index is 1.76. The van der Waals surface area contributed by atoms with Gasteiger partial charge in [-0.25, -0.2) is 0 Å². The van der Waals surface area contributed by atoms with Gasteiger partial charge in [-0.1, -0.05) is 13.3 Å². The Kier molecular flexibility index (Phi) is 5.35. The summed E-state index contributed by atoms with van der Waals surface area (Å²) in [5.74, 6) is 0.237. The molecule has 1 amide bonds. The summed E-state index contributed by atoms with van der Waals surface area (Å²) >= 11 is 0. The molecule has 1 atom stereocenters. The first-order valence-corrected chi connectivity index (χ1v) is 7.34. The average molecular weight is 277 g/mol. The van der Waals surface area contributed by atoms with Crippen LogP contribution in [0.5, 0.6) is 0 Å². The number of H-pyrrole nitrogens is 1. The van der Waals surface area contributed by atoms with Gasteiger partial charge in [0.05, 0.1) is 0 Å². The summed E-state index contributed by atoms with van der Waals surface area (Å²) in [6.45, 7) is 6.16. The quantitative estimate of drug-likeness (QED) is 0.850. The van der Waals surface area contributed by atoms with Crippen molar-refractivity contribution in [3.63, 3.8) is 0 Å². The van der Waals surface area contributed by atoms with Gasteiger partial charge in [-0.05, 0) is 37.9 Å². The summed E-state index contributed by atoms with van der Waals surface area (Å²) < 4.78 is 0. The number of piperidine rings is 1. The zero-order valence-electron chi connectivity index (χ0n) is 12.0. The number of rotatable bonds is 5. The van der Waals surface area contributed by atoms with E-state index in [1.54, 1.807) is 6.07 Å². The van der Waals surface area contributed by atoms with Gasteiger partial charge in [0.25, 0.3) is 5.91 Å². The lowest BCUT2D eigenvalue weighted by molar-refractivity contribution is 0.0942. The molecule has 0 aromatic carbocycles. The fraction of sp³-hybridized carbons (Fsp3) is 0.600. The summed E-state index contributed by atoms with van der Waals surface area (Å²) in [7, 11) is 0. The Labute approximate surface area is 119 Å². The van der Waals surface area contributed by atoms with Crippen molar-refractivity contribution in [3.8, 4) is 0 Å². The van der Waals surface area contributed by atoms with Gasteiger partial charge in [0, 0.05) is 30.9 Å². The van der Waals surface area contributed by atoms with Crippen molar-refractivity contribution in [2.75, 3.05) is 26.2 Å². The first kappa shape index (κ1) is 14.8. The van der Waals surface area contributed by atoms with Crippen molar-refractivity contribution in [1.82, 2.24) is 15.2 Å². The highest BCUT2D eigenvalue weighted by atomic mass is 16.2. The Bertz CT molecular complexity index is 492. The van der Waals surface area contributed by atoms with Gasteiger partial charge in [-0.3, -0.25) is 9.59 Å². The minimum absolute atomic E-state index is 0.179. The Morgan fingerprint density at radius 3 is 2.85 bits per heavy atom. The minimum Gasteiger partial charge on any atom is -0.352 e. The molecule has 2 heterocycles. The van der Waals surface area contributed by atoms with Crippen LogP contribution in [0.1, 0.15) is 36.5 Å². The number of pyridine rings is 1. The van der Waals surface area contributed by atoms with E-state index in [9.17, 15) is 9.59 Å². The molecule has 5 nitrogen and oxygen atoms in total. The smallest absolute Gasteiger partial charge is 0.251 e. The second-order valence-corrected chi connectivity index (χ2v) is 5.62. The van der Waals surface area contributed by atoms with Crippen LogP contribution in [0.3, 0.4) is 0 Å². The number of carbonyl (C=O) groups is 1. The molecule has 5 heteroatoms. The Hall–Kier alpha value is -1.62. The van der Waals surface area contributed by atoms with Crippen LogP contribution < -0.4 is 10.9 Å². The monoisotopic (exact) mass is 277 g/mol. The third-order valence-electron chi connectivity index (χ3n) is 3.67. The number of carbonyl (C=O) groups excluding carboxylic acids is 1. The maximum atomic E-state index is 11.9. The molecule has 0 spiro atoms. The number of aromatic nitrogens is 1. The number of aromatic amines is 1. The molecule has 1 unspecified atom stereocenters. The predicted molar refractivity (Wildman–Crippen MR) is 78.9 cm³/mol. The highest BCUT2D eigenvalue weighted by Gasteiger charge is 2.14. The van der Waals surface area contributed by atoms with E-state index in [1.807, 2.05) is 0 Å². The molecule has 2 rings (SSSR count). The highest BCUT2D eigenvalue weighted by molar-refractivity contribution is 5.93. The van der Waals surface area contributed by atoms with Gasteiger partial charge in [0.1, 0.15) is 0 Å². The van der Waals surface area contributed by atoms with Crippen LogP contribution >= 0.6 is 0 Å². The Morgan fingerprint density at radius 2 is 2.15 bits per heavy atom. The van der Waals surface area contributed by atoms with Crippen molar-refractivity contribution >= 4 is 5.91 Å². The van der Waals surface area contributed by atoms with Crippen LogP contribution in [0.4, 0.5) is 0 Å². The first-order valence-electron chi connectivity index (χ1n) is 7.34. The minimum atomic E-state index is -0.251. The normalized spacial score (nSPS) is 17.6. The van der Waals surface area contributed by atoms with Crippen molar-refractivity contribution in [3.05, 3.63) is 34.2 Å². The van der Waals surface area contributed by atoms with Crippen LogP contribution in [0.15, 0.2) is 23.1 Å². The predicted octanol–water partition coefficient (Wildman–Crippen LogP) is 1.23. The second-order valence-electron chi connectivity index (χ2n) is 5.62. The van der Waals surface area contributed by atoms with Crippen LogP contribution in [0.2, 0.25) is 0 Å². The average Bonchev–Trinajstić information content (AvgIpc) is 2.46. The molecular formula is C15H23N3O2. The molecule has 1 aliphatic rings. The fourth-order valence-corrected chi connectivity index (χ4v) is 2.60. The molecule has 1 saturated heterocycles. The van der Waals surface area contributed by atoms with Gasteiger partial charge in [0.2, 0.25) is 5.56 Å². The summed E-state index contributed by atoms with van der Waals surface area (Å²) in [4.78, 5) is 28.0. The van der Waals surface area contributed by atoms with Crippen molar-refractivity contribution in [2.24, 2.45) is 5.92 Å². The van der Waals surface area contributed by atoms with E-state index in [0.717, 1.165) is 6.54 Å². The number of nitrogens with zero attached hydrogens (tertiary/aromatic N) is 1. The van der Waals surface area contributed by atoms with E-state index in [2.05, 4.69) is 22.1 Å². The van der Waals surface area contributed by atoms with E-state index in [0.29, 0.717) is 18.0 Å². The molecule has 1 aliphatic heterocycles. The SMILES string of the molecule is CC(CNC(=O)c1cc[nH]c(=O)c1)CN1CCCCC1. The lowest BCUT2D eigenvalue weighted by atomic mass is 10.1. The van der Waals surface area contributed by atoms with E-state index < -0.39 is 0 Å². The summed E-state index contributed by atoms with van der Waals surface area (Å²) in [6.07, 6.45) is 5.40. The Morgan fingerprint density at radius 1 is 1.40 bits per heavy atom. The molecule has 2 N–H and O–H groups in total. The number of hydrogen-bond donors (Lipinski definition) is 2. The molecule has 0 aliphatic carbocycles. The lowest BCUT2D eigenvalue weighted by Gasteiger charge is -2.29. The standard InChI is InChI=1S/C15H23N3O2/c1-12(11-18-7-3-2-4-8-18)10-17-15(20)13-5-6-16-14(19)9-13/h5-6,9,12H,2-4,7-8,10-11H2,1H3,(H,16,19)(H,17,20). The fourth-order valence-electron chi connectivity index (χ4n) is 2.60. The van der Waals surface area contributed by atoms with Crippen LogP contribution in [-0.2, 0) is 0 Å². The van der Waals surface area contributed by atoms with Gasteiger partial charge in [0.15, 0.2) is 0 Å². The van der Waals surface area contributed by atoms with Crippen LogP contribution in [0, 0.1) is 5.92 Å². The molecule has 1 aromatic heterocycles. The van der Waals surface area contributed by atoms with Crippen molar-refractivity contribution in [2.45, 2.75) is 26.2 Å². The molecule has 0 saturated carbocycles. The molecule has 0 radical (unpaired) electrons. The zero-order valence-corrected chi connectivity index (χ0v) is 12.0. The first-order chi connectivity index (χ1) is 9.65. The number of amides is 1.